The molecule has 0 aliphatic heterocycles. The summed E-state index contributed by atoms with van der Waals surface area (Å²) >= 11 is 0. The Morgan fingerprint density at radius 3 is 2.36 bits per heavy atom. The largest absolute Gasteiger partial charge is 1.00 e. The molecule has 14 heavy (non-hydrogen) atoms. The van der Waals surface area contributed by atoms with E-state index in [2.05, 4.69) is 0 Å². The van der Waals surface area contributed by atoms with Crippen LogP contribution < -0.4 is 29.6 Å². The van der Waals surface area contributed by atoms with E-state index in [1.807, 2.05) is 13.8 Å². The van der Waals surface area contributed by atoms with Crippen LogP contribution >= 0.6 is 0 Å². The summed E-state index contributed by atoms with van der Waals surface area (Å²) in [5.74, 6) is -1.01. The molecule has 0 spiro atoms. The quantitative estimate of drug-likeness (QED) is 0.331. The minimum atomic E-state index is -0.965. The van der Waals surface area contributed by atoms with Crippen molar-refractivity contribution in [2.24, 2.45) is 11.8 Å². The van der Waals surface area contributed by atoms with Crippen molar-refractivity contribution in [3.63, 3.8) is 0 Å². The van der Waals surface area contributed by atoms with E-state index >= 15 is 0 Å². The summed E-state index contributed by atoms with van der Waals surface area (Å²) in [6.07, 6.45) is 0.479. The number of carbonyl (C=O) groups is 1. The molecule has 0 heterocycles. The van der Waals surface area contributed by atoms with E-state index in [1.165, 1.54) is 0 Å². The molecule has 0 radical (unpaired) electrons. The second-order valence-corrected chi connectivity index (χ2v) is 3.61. The zero-order valence-electron chi connectivity index (χ0n) is 9.90. The van der Waals surface area contributed by atoms with E-state index in [-0.39, 0.29) is 49.9 Å². The SMILES string of the molecule is CC(C)C[C@@H](CC(=O)O)C[N+](=O)[O-].[H-].[Na+]. The van der Waals surface area contributed by atoms with Crippen LogP contribution in [0.25, 0.3) is 0 Å². The van der Waals surface area contributed by atoms with Gasteiger partial charge in [0.1, 0.15) is 0 Å². The standard InChI is InChI=1S/C8H15NO4.Na.H/c1-6(2)3-7(4-8(10)11)5-9(12)13;;/h6-7H,3-5H2,1-2H3,(H,10,11);;/q;+1;-1/t7-;;/m0../s1. The minimum Gasteiger partial charge on any atom is -1.00 e. The molecule has 0 aromatic rings. The predicted molar refractivity (Wildman–Crippen MR) is 48.2 cm³/mol. The zero-order valence-corrected chi connectivity index (χ0v) is 10.9. The van der Waals surface area contributed by atoms with Gasteiger partial charge in [0.2, 0.25) is 6.54 Å². The van der Waals surface area contributed by atoms with E-state index in [4.69, 9.17) is 5.11 Å². The molecule has 0 saturated carbocycles. The Bertz CT molecular complexity index is 185. The molecule has 0 unspecified atom stereocenters. The molecule has 0 fully saturated rings. The van der Waals surface area contributed by atoms with E-state index in [0.717, 1.165) is 0 Å². The van der Waals surface area contributed by atoms with Gasteiger partial charge in [0, 0.05) is 10.8 Å². The van der Waals surface area contributed by atoms with E-state index in [9.17, 15) is 14.9 Å². The summed E-state index contributed by atoms with van der Waals surface area (Å²) < 4.78 is 0. The monoisotopic (exact) mass is 213 g/mol. The number of hydrogen-bond acceptors (Lipinski definition) is 3. The van der Waals surface area contributed by atoms with Crippen LogP contribution in [0.3, 0.4) is 0 Å². The van der Waals surface area contributed by atoms with Crippen LogP contribution in [0.15, 0.2) is 0 Å². The molecule has 0 rings (SSSR count). The molecule has 0 amide bonds. The smallest absolute Gasteiger partial charge is 1.00 e. The fourth-order valence-corrected chi connectivity index (χ4v) is 1.35. The number of nitro groups is 1. The van der Waals surface area contributed by atoms with Gasteiger partial charge in [-0.3, -0.25) is 14.9 Å². The fourth-order valence-electron chi connectivity index (χ4n) is 1.35. The number of nitrogens with zero attached hydrogens (tertiary/aromatic N) is 1. The van der Waals surface area contributed by atoms with E-state index in [1.54, 1.807) is 0 Å². The minimum absolute atomic E-state index is 0. The van der Waals surface area contributed by atoms with Crippen LogP contribution in [-0.2, 0) is 4.79 Å². The first-order valence-corrected chi connectivity index (χ1v) is 4.25. The van der Waals surface area contributed by atoms with Gasteiger partial charge in [-0.05, 0) is 12.3 Å². The van der Waals surface area contributed by atoms with Crippen LogP contribution in [0, 0.1) is 22.0 Å². The average Bonchev–Trinajstić information content (AvgIpc) is 1.80. The molecular formula is C8H16NNaO4. The molecular weight excluding hydrogens is 197 g/mol. The number of rotatable bonds is 6. The van der Waals surface area contributed by atoms with Crippen LogP contribution in [-0.4, -0.2) is 22.5 Å². The molecule has 78 valence electrons. The average molecular weight is 213 g/mol. The summed E-state index contributed by atoms with van der Waals surface area (Å²) in [5, 5.41) is 18.7. The second kappa shape index (κ2) is 8.20. The Labute approximate surface area is 107 Å². The van der Waals surface area contributed by atoms with Gasteiger partial charge in [0.05, 0.1) is 6.42 Å². The van der Waals surface area contributed by atoms with Gasteiger partial charge in [-0.25, -0.2) is 0 Å². The van der Waals surface area contributed by atoms with Crippen molar-refractivity contribution in [2.45, 2.75) is 26.7 Å². The van der Waals surface area contributed by atoms with Crippen LogP contribution in [0.1, 0.15) is 28.1 Å². The van der Waals surface area contributed by atoms with Crippen molar-refractivity contribution in [1.82, 2.24) is 0 Å². The van der Waals surface area contributed by atoms with Crippen molar-refractivity contribution < 1.29 is 45.8 Å². The maximum atomic E-state index is 10.4. The van der Waals surface area contributed by atoms with Crippen molar-refractivity contribution in [1.29, 1.82) is 0 Å². The second-order valence-electron chi connectivity index (χ2n) is 3.61. The third-order valence-electron chi connectivity index (χ3n) is 1.68. The van der Waals surface area contributed by atoms with Crippen LogP contribution in [0.2, 0.25) is 0 Å². The first-order chi connectivity index (χ1) is 5.91. The summed E-state index contributed by atoms with van der Waals surface area (Å²) in [4.78, 5) is 20.1. The summed E-state index contributed by atoms with van der Waals surface area (Å²) in [5.41, 5.74) is 0. The molecule has 0 saturated heterocycles. The molecule has 0 aromatic heterocycles. The molecule has 0 aliphatic rings. The van der Waals surface area contributed by atoms with Gasteiger partial charge in [-0.1, -0.05) is 13.8 Å². The first kappa shape index (κ1) is 16.3. The fraction of sp³-hybridized carbons (Fsp3) is 0.875. The van der Waals surface area contributed by atoms with Crippen molar-refractivity contribution in [2.75, 3.05) is 6.54 Å². The van der Waals surface area contributed by atoms with Gasteiger partial charge in [-0.15, -0.1) is 0 Å². The summed E-state index contributed by atoms with van der Waals surface area (Å²) in [7, 11) is 0. The number of aliphatic carboxylic acids is 1. The van der Waals surface area contributed by atoms with Gasteiger partial charge in [-0.2, -0.15) is 0 Å². The maximum Gasteiger partial charge on any atom is 1.00 e. The topological polar surface area (TPSA) is 80.4 Å². The van der Waals surface area contributed by atoms with Crippen molar-refractivity contribution in [3.8, 4) is 0 Å². The summed E-state index contributed by atoms with van der Waals surface area (Å²) in [6, 6.07) is 0. The summed E-state index contributed by atoms with van der Waals surface area (Å²) in [6.45, 7) is 3.61. The molecule has 1 atom stereocenters. The van der Waals surface area contributed by atoms with Crippen molar-refractivity contribution in [3.05, 3.63) is 10.1 Å². The molecule has 1 N–H and O–H groups in total. The third kappa shape index (κ3) is 9.95. The maximum absolute atomic E-state index is 10.4. The predicted octanol–water partition coefficient (Wildman–Crippen LogP) is -1.48. The number of carboxylic acid groups (broad SMARTS) is 1. The van der Waals surface area contributed by atoms with E-state index < -0.39 is 10.9 Å². The Balaban J connectivity index is -0.000000720. The Morgan fingerprint density at radius 1 is 1.57 bits per heavy atom. The van der Waals surface area contributed by atoms with Crippen LogP contribution in [0.4, 0.5) is 0 Å². The van der Waals surface area contributed by atoms with Gasteiger partial charge < -0.3 is 6.53 Å². The molecule has 0 aliphatic carbocycles. The normalized spacial score (nSPS) is 11.9. The van der Waals surface area contributed by atoms with Gasteiger partial charge >= 0.3 is 35.5 Å². The van der Waals surface area contributed by atoms with Gasteiger partial charge in [0.15, 0.2) is 0 Å². The third-order valence-corrected chi connectivity index (χ3v) is 1.68. The first-order valence-electron chi connectivity index (χ1n) is 4.25. The molecule has 5 nitrogen and oxygen atoms in total. The number of carboxylic acids is 1. The van der Waals surface area contributed by atoms with E-state index in [0.29, 0.717) is 12.3 Å². The Hall–Kier alpha value is -0.130. The van der Waals surface area contributed by atoms with Crippen LogP contribution in [0.5, 0.6) is 0 Å². The molecule has 0 bridgehead atoms. The molecule has 0 aromatic carbocycles. The Morgan fingerprint density at radius 2 is 2.07 bits per heavy atom. The van der Waals surface area contributed by atoms with Gasteiger partial charge in [0.25, 0.3) is 0 Å². The zero-order chi connectivity index (χ0) is 10.4. The Kier molecular flexibility index (Phi) is 9.55. The molecule has 6 heteroatoms. The van der Waals surface area contributed by atoms with Crippen molar-refractivity contribution >= 4 is 5.97 Å². The number of hydrogen-bond donors (Lipinski definition) is 1.